The fourth-order valence-corrected chi connectivity index (χ4v) is 4.57. The first-order valence-corrected chi connectivity index (χ1v) is 13.2. The number of ether oxygens (including phenoxy) is 3. The first kappa shape index (κ1) is 26.3. The summed E-state index contributed by atoms with van der Waals surface area (Å²) in [6, 6.07) is 37.4. The van der Waals surface area contributed by atoms with Crippen molar-refractivity contribution in [3.63, 3.8) is 0 Å². The normalized spacial score (nSPS) is 11.0. The Morgan fingerprint density at radius 3 is 1.38 bits per heavy atom. The molecule has 0 saturated heterocycles. The number of carboxylic acids is 1. The van der Waals surface area contributed by atoms with E-state index in [1.807, 2.05) is 103 Å². The highest BCUT2D eigenvalue weighted by molar-refractivity contribution is 5.94. The quantitative estimate of drug-likeness (QED) is 0.142. The molecule has 0 atom stereocenters. The van der Waals surface area contributed by atoms with Gasteiger partial charge in [-0.15, -0.1) is 0 Å². The molecule has 6 nitrogen and oxygen atoms in total. The second-order valence-corrected chi connectivity index (χ2v) is 9.59. The second-order valence-electron chi connectivity index (χ2n) is 9.59. The number of hydrogen-bond acceptors (Lipinski definition) is 5. The molecule has 0 unspecified atom stereocenters. The predicted octanol–water partition coefficient (Wildman–Crippen LogP) is 8.98. The highest BCUT2D eigenvalue weighted by Crippen LogP contribution is 2.29. The fraction of sp³-hybridized carbons (Fsp3) is 0. The van der Waals surface area contributed by atoms with Gasteiger partial charge in [0, 0.05) is 0 Å². The van der Waals surface area contributed by atoms with Crippen molar-refractivity contribution >= 4 is 46.1 Å². The molecule has 1 N–H and O–H groups in total. The van der Waals surface area contributed by atoms with Gasteiger partial charge in [-0.25, -0.2) is 4.79 Å². The van der Waals surface area contributed by atoms with Crippen molar-refractivity contribution < 1.29 is 28.9 Å². The topological polar surface area (TPSA) is 82.1 Å². The molecule has 0 spiro atoms. The summed E-state index contributed by atoms with van der Waals surface area (Å²) in [7, 11) is 0. The van der Waals surface area contributed by atoms with Crippen LogP contribution in [-0.4, -0.2) is 17.5 Å². The third-order valence-corrected chi connectivity index (χ3v) is 6.73. The summed E-state index contributed by atoms with van der Waals surface area (Å²) in [5.74, 6) is 2.38. The third kappa shape index (κ3) is 6.13. The Bertz CT molecular complexity index is 1940. The van der Waals surface area contributed by atoms with Crippen LogP contribution in [0, 0.1) is 0 Å². The lowest BCUT2D eigenvalue weighted by atomic mass is 10.1. The van der Waals surface area contributed by atoms with Gasteiger partial charge in [0.1, 0.15) is 28.7 Å². The summed E-state index contributed by atoms with van der Waals surface area (Å²) in [6.45, 7) is 0.417. The van der Waals surface area contributed by atoms with Gasteiger partial charge in [-0.2, -0.15) is 0 Å². The van der Waals surface area contributed by atoms with Gasteiger partial charge in [0.25, 0.3) is 6.47 Å². The van der Waals surface area contributed by atoms with Gasteiger partial charge < -0.3 is 19.3 Å². The zero-order chi connectivity index (χ0) is 28.9. The molecule has 0 saturated carbocycles. The Labute approximate surface area is 241 Å². The number of aromatic carboxylic acids is 1. The molecular weight excluding hydrogens is 528 g/mol. The summed E-state index contributed by atoms with van der Waals surface area (Å²) >= 11 is 0. The molecule has 0 aliphatic carbocycles. The lowest BCUT2D eigenvalue weighted by Crippen LogP contribution is -1.95. The van der Waals surface area contributed by atoms with E-state index >= 15 is 0 Å². The number of carbonyl (C=O) groups excluding carboxylic acids is 1. The molecular formula is C36H24O6. The van der Waals surface area contributed by atoms with Crippen molar-refractivity contribution in [3.8, 4) is 28.7 Å². The lowest BCUT2D eigenvalue weighted by molar-refractivity contribution is -0.120. The van der Waals surface area contributed by atoms with E-state index in [2.05, 4.69) is 0 Å². The largest absolute Gasteiger partial charge is 0.478 e. The van der Waals surface area contributed by atoms with Crippen LogP contribution in [-0.2, 0) is 4.79 Å². The van der Waals surface area contributed by atoms with E-state index in [-0.39, 0.29) is 5.56 Å². The van der Waals surface area contributed by atoms with Gasteiger partial charge in [0.2, 0.25) is 0 Å². The minimum atomic E-state index is -0.945. The molecule has 0 aromatic heterocycles. The Kier molecular flexibility index (Phi) is 7.34. The van der Waals surface area contributed by atoms with Crippen molar-refractivity contribution in [2.45, 2.75) is 0 Å². The van der Waals surface area contributed by atoms with E-state index in [1.165, 1.54) is 0 Å². The highest BCUT2D eigenvalue weighted by atomic mass is 16.5. The van der Waals surface area contributed by atoms with Crippen molar-refractivity contribution in [3.05, 3.63) is 138 Å². The van der Waals surface area contributed by atoms with Crippen LogP contribution in [0.3, 0.4) is 0 Å². The fourth-order valence-electron chi connectivity index (χ4n) is 4.57. The molecule has 0 amide bonds. The van der Waals surface area contributed by atoms with Crippen LogP contribution < -0.4 is 14.2 Å². The molecule has 0 aliphatic heterocycles. The molecule has 6 aromatic rings. The summed E-state index contributed by atoms with van der Waals surface area (Å²) < 4.78 is 17.0. The van der Waals surface area contributed by atoms with Gasteiger partial charge in [-0.1, -0.05) is 60.7 Å². The Hall–Kier alpha value is -5.88. The third-order valence-electron chi connectivity index (χ3n) is 6.73. The maximum absolute atomic E-state index is 11.2. The number of benzene rings is 6. The molecule has 42 heavy (non-hydrogen) atoms. The van der Waals surface area contributed by atoms with Crippen LogP contribution >= 0.6 is 0 Å². The smallest absolute Gasteiger partial charge is 0.335 e. The second kappa shape index (κ2) is 11.7. The van der Waals surface area contributed by atoms with E-state index in [9.17, 15) is 14.7 Å². The predicted molar refractivity (Wildman–Crippen MR) is 164 cm³/mol. The minimum absolute atomic E-state index is 0.258. The molecule has 6 aromatic carbocycles. The maximum Gasteiger partial charge on any atom is 0.335 e. The van der Waals surface area contributed by atoms with Gasteiger partial charge >= 0.3 is 5.97 Å². The molecule has 0 bridgehead atoms. The van der Waals surface area contributed by atoms with E-state index in [0.717, 1.165) is 38.4 Å². The van der Waals surface area contributed by atoms with E-state index in [0.29, 0.717) is 29.5 Å². The molecule has 204 valence electrons. The minimum Gasteiger partial charge on any atom is -0.478 e. The van der Waals surface area contributed by atoms with Gasteiger partial charge in [0.05, 0.1) is 5.56 Å². The van der Waals surface area contributed by atoms with Gasteiger partial charge in [-0.3, -0.25) is 4.79 Å². The molecule has 6 heteroatoms. The van der Waals surface area contributed by atoms with Crippen LogP contribution in [0.4, 0.5) is 0 Å². The number of carboxylic acid groups (broad SMARTS) is 1. The Balaban J connectivity index is 1.07. The number of hydrogen-bond donors (Lipinski definition) is 1. The van der Waals surface area contributed by atoms with Crippen LogP contribution in [0.2, 0.25) is 0 Å². The van der Waals surface area contributed by atoms with Crippen LogP contribution in [0.25, 0.3) is 33.7 Å². The average Bonchev–Trinajstić information content (AvgIpc) is 3.01. The van der Waals surface area contributed by atoms with Crippen LogP contribution in [0.1, 0.15) is 21.5 Å². The summed E-state index contributed by atoms with van der Waals surface area (Å²) in [5.41, 5.74) is 2.32. The summed E-state index contributed by atoms with van der Waals surface area (Å²) in [4.78, 5) is 21.8. The van der Waals surface area contributed by atoms with Crippen molar-refractivity contribution in [1.82, 2.24) is 0 Å². The molecule has 0 radical (unpaired) electrons. The monoisotopic (exact) mass is 552 g/mol. The molecule has 0 aliphatic rings. The van der Waals surface area contributed by atoms with Gasteiger partial charge in [0.15, 0.2) is 0 Å². The van der Waals surface area contributed by atoms with Crippen molar-refractivity contribution in [2.24, 2.45) is 0 Å². The summed E-state index contributed by atoms with van der Waals surface area (Å²) in [6.07, 6.45) is 4.06. The van der Waals surface area contributed by atoms with E-state index < -0.39 is 5.97 Å². The highest BCUT2D eigenvalue weighted by Gasteiger charge is 2.06. The van der Waals surface area contributed by atoms with Crippen LogP contribution in [0.15, 0.2) is 121 Å². The first-order chi connectivity index (χ1) is 20.5. The zero-order valence-corrected chi connectivity index (χ0v) is 22.3. The van der Waals surface area contributed by atoms with E-state index in [1.54, 1.807) is 30.3 Å². The number of rotatable bonds is 9. The number of fused-ring (bicyclic) bond motifs is 2. The summed E-state index contributed by atoms with van der Waals surface area (Å²) in [5, 5.41) is 12.9. The lowest BCUT2D eigenvalue weighted by Gasteiger charge is -2.08. The average molecular weight is 553 g/mol. The number of carbonyl (C=O) groups is 2. The van der Waals surface area contributed by atoms with E-state index in [4.69, 9.17) is 14.2 Å². The Morgan fingerprint density at radius 2 is 0.905 bits per heavy atom. The molecule has 0 heterocycles. The zero-order valence-electron chi connectivity index (χ0n) is 22.3. The maximum atomic E-state index is 11.2. The molecule has 6 rings (SSSR count). The van der Waals surface area contributed by atoms with Crippen molar-refractivity contribution in [2.75, 3.05) is 0 Å². The Morgan fingerprint density at radius 1 is 0.500 bits per heavy atom. The molecule has 0 fully saturated rings. The SMILES string of the molecule is O=COc1ccc2cc(Oc3ccc(/C=C/c4ccc(Oc5ccc6cc(C(=O)O)ccc6c5)cc4)cc3)ccc2c1. The standard InChI is InChI=1S/C36H24O6/c37-23-40-33-16-9-29-22-35(18-11-28(29)20-33)42-32-14-5-25(6-15-32)2-1-24-3-12-31(13-4-24)41-34-17-10-26-19-30(36(38)39)8-7-27(26)21-34/h1-23H,(H,38,39)/b2-1+. The van der Waals surface area contributed by atoms with Gasteiger partial charge in [-0.05, 0) is 105 Å². The van der Waals surface area contributed by atoms with Crippen molar-refractivity contribution in [1.29, 1.82) is 0 Å². The first-order valence-electron chi connectivity index (χ1n) is 13.2. The van der Waals surface area contributed by atoms with Crippen LogP contribution in [0.5, 0.6) is 28.7 Å².